The second kappa shape index (κ2) is 3.87. The fourth-order valence-electron chi connectivity index (χ4n) is 0.916. The highest BCUT2D eigenvalue weighted by molar-refractivity contribution is 7.15. The topological polar surface area (TPSA) is 42.1 Å². The zero-order chi connectivity index (χ0) is 9.14. The molecule has 0 unspecified atom stereocenters. The molecule has 0 aliphatic rings. The largest absolute Gasteiger partial charge is 0.354 e. The average molecular weight is 185 g/mol. The van der Waals surface area contributed by atoms with Crippen molar-refractivity contribution in [3.63, 3.8) is 0 Å². The zero-order valence-corrected chi connectivity index (χ0v) is 8.56. The van der Waals surface area contributed by atoms with E-state index in [1.54, 1.807) is 11.3 Å². The van der Waals surface area contributed by atoms with Crippen LogP contribution in [0.1, 0.15) is 11.8 Å². The number of hydrogen-bond acceptors (Lipinski definition) is 4. The molecule has 0 aromatic carbocycles. The maximum atomic E-state index is 5.68. The molecular formula is C8H15N3S. The van der Waals surface area contributed by atoms with Crippen LogP contribution in [-0.4, -0.2) is 25.1 Å². The van der Waals surface area contributed by atoms with Crippen LogP contribution in [0.25, 0.3) is 0 Å². The third-order valence-electron chi connectivity index (χ3n) is 1.45. The summed E-state index contributed by atoms with van der Waals surface area (Å²) in [7, 11) is 3.99. The van der Waals surface area contributed by atoms with Gasteiger partial charge in [0.15, 0.2) is 5.13 Å². The Morgan fingerprint density at radius 2 is 2.33 bits per heavy atom. The van der Waals surface area contributed by atoms with E-state index in [1.165, 1.54) is 4.88 Å². The summed E-state index contributed by atoms with van der Waals surface area (Å²) < 4.78 is 0. The average Bonchev–Trinajstić information content (AvgIpc) is 2.34. The summed E-state index contributed by atoms with van der Waals surface area (Å²) in [6, 6.07) is 0.223. The van der Waals surface area contributed by atoms with Gasteiger partial charge < -0.3 is 10.6 Å². The Kier molecular flexibility index (Phi) is 3.05. The first-order valence-corrected chi connectivity index (χ1v) is 4.79. The molecule has 1 atom stereocenters. The van der Waals surface area contributed by atoms with Crippen LogP contribution < -0.4 is 10.6 Å². The molecule has 0 amide bonds. The minimum Gasteiger partial charge on any atom is -0.354 e. The van der Waals surface area contributed by atoms with Crippen molar-refractivity contribution in [1.29, 1.82) is 0 Å². The second-order valence-electron chi connectivity index (χ2n) is 3.18. The van der Waals surface area contributed by atoms with Gasteiger partial charge in [-0.1, -0.05) is 0 Å². The van der Waals surface area contributed by atoms with E-state index >= 15 is 0 Å². The Morgan fingerprint density at radius 3 is 2.75 bits per heavy atom. The second-order valence-corrected chi connectivity index (χ2v) is 4.28. The lowest BCUT2D eigenvalue weighted by Gasteiger charge is -2.05. The zero-order valence-electron chi connectivity index (χ0n) is 7.74. The summed E-state index contributed by atoms with van der Waals surface area (Å²) in [5.74, 6) is 0. The monoisotopic (exact) mass is 185 g/mol. The molecule has 1 aromatic heterocycles. The van der Waals surface area contributed by atoms with Gasteiger partial charge in [-0.3, -0.25) is 0 Å². The minimum absolute atomic E-state index is 0.223. The van der Waals surface area contributed by atoms with Gasteiger partial charge in [-0.2, -0.15) is 0 Å². The van der Waals surface area contributed by atoms with E-state index in [4.69, 9.17) is 5.73 Å². The number of aromatic nitrogens is 1. The molecule has 1 aromatic rings. The molecule has 68 valence electrons. The molecule has 2 N–H and O–H groups in total. The van der Waals surface area contributed by atoms with Crippen molar-refractivity contribution in [2.45, 2.75) is 19.4 Å². The summed E-state index contributed by atoms with van der Waals surface area (Å²) in [5.41, 5.74) is 5.68. The van der Waals surface area contributed by atoms with E-state index in [0.29, 0.717) is 0 Å². The van der Waals surface area contributed by atoms with Gasteiger partial charge in [0.1, 0.15) is 0 Å². The summed E-state index contributed by atoms with van der Waals surface area (Å²) >= 11 is 1.70. The molecule has 0 aliphatic carbocycles. The van der Waals surface area contributed by atoms with Gasteiger partial charge in [0, 0.05) is 31.2 Å². The Morgan fingerprint density at radius 1 is 1.67 bits per heavy atom. The first kappa shape index (κ1) is 9.48. The Bertz CT molecular complexity index is 242. The molecule has 0 aliphatic heterocycles. The predicted molar refractivity (Wildman–Crippen MR) is 53.8 cm³/mol. The molecule has 0 radical (unpaired) electrons. The summed E-state index contributed by atoms with van der Waals surface area (Å²) in [4.78, 5) is 7.52. The Balaban J connectivity index is 2.64. The molecule has 12 heavy (non-hydrogen) atoms. The van der Waals surface area contributed by atoms with Crippen molar-refractivity contribution in [3.05, 3.63) is 11.1 Å². The van der Waals surface area contributed by atoms with Crippen LogP contribution in [0.5, 0.6) is 0 Å². The lowest BCUT2D eigenvalue weighted by molar-refractivity contribution is 0.745. The molecule has 3 nitrogen and oxygen atoms in total. The minimum atomic E-state index is 0.223. The standard InChI is InChI=1S/C8H15N3S/c1-6(9)4-7-5-10-8(12-7)11(2)3/h5-6H,4,9H2,1-3H3/t6-/m1/s1. The molecule has 0 bridgehead atoms. The number of nitrogens with two attached hydrogens (primary N) is 1. The molecule has 0 saturated heterocycles. The maximum absolute atomic E-state index is 5.68. The van der Waals surface area contributed by atoms with E-state index in [0.717, 1.165) is 11.6 Å². The summed E-state index contributed by atoms with van der Waals surface area (Å²) in [6.07, 6.45) is 2.83. The highest BCUT2D eigenvalue weighted by atomic mass is 32.1. The van der Waals surface area contributed by atoms with Crippen molar-refractivity contribution in [2.24, 2.45) is 5.73 Å². The molecule has 4 heteroatoms. The maximum Gasteiger partial charge on any atom is 0.184 e. The molecular weight excluding hydrogens is 170 g/mol. The van der Waals surface area contributed by atoms with Crippen LogP contribution in [0.15, 0.2) is 6.20 Å². The van der Waals surface area contributed by atoms with E-state index in [9.17, 15) is 0 Å². The van der Waals surface area contributed by atoms with Crippen molar-refractivity contribution < 1.29 is 0 Å². The number of hydrogen-bond donors (Lipinski definition) is 1. The number of anilines is 1. The third kappa shape index (κ3) is 2.46. The van der Waals surface area contributed by atoms with Crippen molar-refractivity contribution >= 4 is 16.5 Å². The summed E-state index contributed by atoms with van der Waals surface area (Å²) in [5, 5.41) is 1.05. The first-order valence-electron chi connectivity index (χ1n) is 3.97. The van der Waals surface area contributed by atoms with Crippen LogP contribution in [0.3, 0.4) is 0 Å². The lowest BCUT2D eigenvalue weighted by Crippen LogP contribution is -2.16. The van der Waals surface area contributed by atoms with Crippen molar-refractivity contribution in [3.8, 4) is 0 Å². The molecule has 1 rings (SSSR count). The Hall–Kier alpha value is -0.610. The van der Waals surface area contributed by atoms with Crippen LogP contribution in [-0.2, 0) is 6.42 Å². The quantitative estimate of drug-likeness (QED) is 0.766. The lowest BCUT2D eigenvalue weighted by atomic mass is 10.2. The smallest absolute Gasteiger partial charge is 0.184 e. The Labute approximate surface area is 77.2 Å². The summed E-state index contributed by atoms with van der Waals surface area (Å²) in [6.45, 7) is 2.01. The normalized spacial score (nSPS) is 13.0. The van der Waals surface area contributed by atoms with Crippen LogP contribution in [0.2, 0.25) is 0 Å². The van der Waals surface area contributed by atoms with Gasteiger partial charge in [0.2, 0.25) is 0 Å². The van der Waals surface area contributed by atoms with E-state index in [-0.39, 0.29) is 6.04 Å². The highest BCUT2D eigenvalue weighted by Crippen LogP contribution is 2.20. The fraction of sp³-hybridized carbons (Fsp3) is 0.625. The van der Waals surface area contributed by atoms with E-state index in [1.807, 2.05) is 32.1 Å². The van der Waals surface area contributed by atoms with Crippen LogP contribution in [0, 0.1) is 0 Å². The van der Waals surface area contributed by atoms with Gasteiger partial charge >= 0.3 is 0 Å². The SMILES string of the molecule is C[C@@H](N)Cc1cnc(N(C)C)s1. The van der Waals surface area contributed by atoms with Crippen LogP contribution in [0.4, 0.5) is 5.13 Å². The van der Waals surface area contributed by atoms with Gasteiger partial charge in [-0.15, -0.1) is 11.3 Å². The van der Waals surface area contributed by atoms with E-state index < -0.39 is 0 Å². The number of thiazole rings is 1. The predicted octanol–water partition coefficient (Wildman–Crippen LogP) is 1.10. The van der Waals surface area contributed by atoms with Gasteiger partial charge in [0.25, 0.3) is 0 Å². The first-order chi connectivity index (χ1) is 5.59. The fourth-order valence-corrected chi connectivity index (χ4v) is 1.89. The third-order valence-corrected chi connectivity index (χ3v) is 2.63. The van der Waals surface area contributed by atoms with Crippen LogP contribution >= 0.6 is 11.3 Å². The molecule has 0 spiro atoms. The highest BCUT2D eigenvalue weighted by Gasteiger charge is 2.04. The van der Waals surface area contributed by atoms with Crippen molar-refractivity contribution in [1.82, 2.24) is 4.98 Å². The van der Waals surface area contributed by atoms with Gasteiger partial charge in [-0.05, 0) is 13.3 Å². The number of nitrogens with zero attached hydrogens (tertiary/aromatic N) is 2. The molecule has 0 fully saturated rings. The number of rotatable bonds is 3. The molecule has 0 saturated carbocycles. The van der Waals surface area contributed by atoms with Gasteiger partial charge in [-0.25, -0.2) is 4.98 Å². The van der Waals surface area contributed by atoms with Gasteiger partial charge in [0.05, 0.1) is 0 Å². The van der Waals surface area contributed by atoms with Crippen molar-refractivity contribution in [2.75, 3.05) is 19.0 Å². The van der Waals surface area contributed by atoms with E-state index in [2.05, 4.69) is 4.98 Å². The molecule has 1 heterocycles.